The summed E-state index contributed by atoms with van der Waals surface area (Å²) in [7, 11) is 0. The number of aromatic nitrogens is 2. The van der Waals surface area contributed by atoms with E-state index in [0.29, 0.717) is 12.1 Å². The number of phenolic OH excluding ortho intramolecular Hbond substituents is 1. The molecule has 0 aliphatic rings. The minimum atomic E-state index is -1.19. The van der Waals surface area contributed by atoms with E-state index < -0.39 is 65.1 Å². The molecule has 13 heteroatoms. The molecule has 272 valence electrons. The molecule has 0 saturated heterocycles. The minimum absolute atomic E-state index is 0.0883. The molecule has 6 aromatic rings. The van der Waals surface area contributed by atoms with Crippen molar-refractivity contribution in [3.8, 4) is 11.5 Å². The third-order valence-corrected chi connectivity index (χ3v) is 10.7. The zero-order chi connectivity index (χ0) is 38.5. The van der Waals surface area contributed by atoms with E-state index in [4.69, 9.17) is 4.74 Å². The van der Waals surface area contributed by atoms with Crippen molar-refractivity contribution >= 4 is 77.4 Å². The number of hydrogen-bond donors (Lipinski definition) is 2. The monoisotopic (exact) mass is 848 g/mol. The lowest BCUT2D eigenvalue weighted by molar-refractivity contribution is -0.138. The fourth-order valence-corrected chi connectivity index (χ4v) is 7.31. The molecule has 2 heterocycles. The molecule has 0 saturated carbocycles. The second-order valence-electron chi connectivity index (χ2n) is 12.8. The maximum Gasteiger partial charge on any atom is 0.319 e. The summed E-state index contributed by atoms with van der Waals surface area (Å²) in [4.78, 5) is 53.9. The molecule has 2 N–H and O–H groups in total. The largest absolute Gasteiger partial charge is 0.505 e. The zero-order valence-electron chi connectivity index (χ0n) is 28.8. The van der Waals surface area contributed by atoms with E-state index in [1.807, 2.05) is 6.92 Å². The number of carboxylic acids is 1. The standard InChI is InChI=1S/C40H32Br2F2N2O7/c1-5-19(2)36(37-21(4)46(32-17-29(43)33(47)14-28(32)37)39(51)23-8-12-25(42)13-9-23)40(52)53-34-15-27-26(16-35(48)49)20(3)45(31(27)18-30(34)44)38(50)22-6-10-24(41)11-7-22/h6-15,17-19,36,47H,5,16H2,1-4H3,(H,48,49). The van der Waals surface area contributed by atoms with Crippen LogP contribution in [0.5, 0.6) is 11.5 Å². The summed E-state index contributed by atoms with van der Waals surface area (Å²) in [5, 5.41) is 20.6. The van der Waals surface area contributed by atoms with Gasteiger partial charge in [-0.1, -0.05) is 52.1 Å². The highest BCUT2D eigenvalue weighted by molar-refractivity contribution is 9.10. The third kappa shape index (κ3) is 6.91. The van der Waals surface area contributed by atoms with E-state index in [0.717, 1.165) is 27.1 Å². The van der Waals surface area contributed by atoms with Gasteiger partial charge in [-0.25, -0.2) is 8.78 Å². The van der Waals surface area contributed by atoms with Crippen LogP contribution in [0.4, 0.5) is 8.78 Å². The summed E-state index contributed by atoms with van der Waals surface area (Å²) in [5.41, 5.74) is 1.85. The molecule has 2 aromatic heterocycles. The molecule has 2 unspecified atom stereocenters. The van der Waals surface area contributed by atoms with E-state index in [9.17, 15) is 33.8 Å². The van der Waals surface area contributed by atoms with Crippen LogP contribution in [0.1, 0.15) is 69.4 Å². The first-order valence-electron chi connectivity index (χ1n) is 16.5. The minimum Gasteiger partial charge on any atom is -0.505 e. The van der Waals surface area contributed by atoms with Gasteiger partial charge in [-0.05, 0) is 91.6 Å². The molecule has 0 aliphatic carbocycles. The van der Waals surface area contributed by atoms with Crippen molar-refractivity contribution in [2.75, 3.05) is 0 Å². The Bertz CT molecular complexity index is 2470. The SMILES string of the molecule is CCC(C)C(C(=O)Oc1cc2c(CC(=O)O)c(C)n(C(=O)c3ccc(Br)cc3)c2cc1F)c1c(C)n(C(=O)c2ccc(Br)cc2)c2cc(F)c(O)cc12. The van der Waals surface area contributed by atoms with E-state index in [-0.39, 0.29) is 49.8 Å². The van der Waals surface area contributed by atoms with Gasteiger partial charge in [-0.2, -0.15) is 0 Å². The summed E-state index contributed by atoms with van der Waals surface area (Å²) in [5.74, 6) is -7.85. The van der Waals surface area contributed by atoms with Crippen LogP contribution in [0.2, 0.25) is 0 Å². The average Bonchev–Trinajstić information content (AvgIpc) is 3.52. The molecule has 0 bridgehead atoms. The Balaban J connectivity index is 1.48. The maximum atomic E-state index is 16.0. The number of esters is 1. The molecule has 53 heavy (non-hydrogen) atoms. The van der Waals surface area contributed by atoms with E-state index in [2.05, 4.69) is 31.9 Å². The zero-order valence-corrected chi connectivity index (χ0v) is 32.0. The van der Waals surface area contributed by atoms with Gasteiger partial charge in [0.25, 0.3) is 11.8 Å². The second kappa shape index (κ2) is 14.7. The molecule has 0 radical (unpaired) electrons. The van der Waals surface area contributed by atoms with Crippen molar-refractivity contribution in [1.29, 1.82) is 0 Å². The summed E-state index contributed by atoms with van der Waals surface area (Å²) in [6.45, 7) is 6.77. The first-order valence-corrected chi connectivity index (χ1v) is 18.1. The quantitative estimate of drug-likeness (QED) is 0.110. The number of rotatable bonds is 9. The molecule has 0 amide bonds. The number of fused-ring (bicyclic) bond motifs is 2. The topological polar surface area (TPSA) is 128 Å². The van der Waals surface area contributed by atoms with Crippen LogP contribution in [0, 0.1) is 31.4 Å². The third-order valence-electron chi connectivity index (χ3n) is 9.61. The van der Waals surface area contributed by atoms with Crippen LogP contribution in [-0.4, -0.2) is 43.1 Å². The summed E-state index contributed by atoms with van der Waals surface area (Å²) < 4.78 is 40.7. The number of halogens is 4. The number of nitrogens with zero attached hydrogens (tertiary/aromatic N) is 2. The lowest BCUT2D eigenvalue weighted by atomic mass is 9.84. The van der Waals surface area contributed by atoms with E-state index in [1.54, 1.807) is 69.3 Å². The van der Waals surface area contributed by atoms with E-state index >= 15 is 4.39 Å². The van der Waals surface area contributed by atoms with Crippen molar-refractivity contribution in [1.82, 2.24) is 9.13 Å². The van der Waals surface area contributed by atoms with Gasteiger partial charge >= 0.3 is 11.9 Å². The Hall–Kier alpha value is -5.14. The number of phenols is 1. The molecular weight excluding hydrogens is 818 g/mol. The van der Waals surface area contributed by atoms with Crippen molar-refractivity contribution in [2.45, 2.75) is 46.5 Å². The van der Waals surface area contributed by atoms with Gasteiger partial charge in [0.1, 0.15) is 0 Å². The molecule has 6 rings (SSSR count). The maximum absolute atomic E-state index is 16.0. The van der Waals surface area contributed by atoms with Gasteiger partial charge in [-0.3, -0.25) is 28.3 Å². The Morgan fingerprint density at radius 1 is 0.774 bits per heavy atom. The van der Waals surface area contributed by atoms with Gasteiger partial charge in [0.05, 0.1) is 23.4 Å². The Morgan fingerprint density at radius 3 is 1.81 bits per heavy atom. The van der Waals surface area contributed by atoms with Crippen LogP contribution >= 0.6 is 31.9 Å². The highest BCUT2D eigenvalue weighted by Crippen LogP contribution is 2.41. The van der Waals surface area contributed by atoms with Crippen molar-refractivity contribution in [3.05, 3.63) is 127 Å². The Morgan fingerprint density at radius 2 is 1.28 bits per heavy atom. The average molecular weight is 851 g/mol. The van der Waals surface area contributed by atoms with Crippen LogP contribution in [0.3, 0.4) is 0 Å². The Labute approximate surface area is 319 Å². The normalized spacial score (nSPS) is 12.6. The van der Waals surface area contributed by atoms with Crippen molar-refractivity contribution in [3.63, 3.8) is 0 Å². The van der Waals surface area contributed by atoms with Gasteiger partial charge in [0.15, 0.2) is 23.1 Å². The van der Waals surface area contributed by atoms with Crippen LogP contribution in [-0.2, 0) is 16.0 Å². The number of carboxylic acid groups (broad SMARTS) is 1. The fourth-order valence-electron chi connectivity index (χ4n) is 6.78. The second-order valence-corrected chi connectivity index (χ2v) is 14.7. The molecule has 0 fully saturated rings. The lowest BCUT2D eigenvalue weighted by Gasteiger charge is -2.23. The van der Waals surface area contributed by atoms with Crippen LogP contribution in [0.15, 0.2) is 81.7 Å². The molecule has 0 aliphatic heterocycles. The molecule has 2 atom stereocenters. The van der Waals surface area contributed by atoms with Crippen molar-refractivity contribution in [2.24, 2.45) is 5.92 Å². The number of aliphatic carboxylic acids is 1. The number of hydrogen-bond acceptors (Lipinski definition) is 6. The lowest BCUT2D eigenvalue weighted by Crippen LogP contribution is -2.26. The van der Waals surface area contributed by atoms with Gasteiger partial charge in [0, 0.05) is 54.4 Å². The first kappa shape index (κ1) is 37.6. The number of benzene rings is 4. The van der Waals surface area contributed by atoms with Gasteiger partial charge in [-0.15, -0.1) is 0 Å². The number of ether oxygens (including phenoxy) is 1. The number of carbonyl (C=O) groups is 4. The molecule has 9 nitrogen and oxygen atoms in total. The van der Waals surface area contributed by atoms with Gasteiger partial charge in [0.2, 0.25) is 0 Å². The predicted octanol–water partition coefficient (Wildman–Crippen LogP) is 9.46. The first-order chi connectivity index (χ1) is 25.1. The van der Waals surface area contributed by atoms with Crippen LogP contribution < -0.4 is 4.74 Å². The highest BCUT2D eigenvalue weighted by Gasteiger charge is 2.36. The smallest absolute Gasteiger partial charge is 0.319 e. The van der Waals surface area contributed by atoms with Crippen LogP contribution in [0.25, 0.3) is 21.8 Å². The molecule has 0 spiro atoms. The molecular formula is C40H32Br2F2N2O7. The summed E-state index contributed by atoms with van der Waals surface area (Å²) in [6, 6.07) is 17.5. The fraction of sp³-hybridized carbons (Fsp3) is 0.200. The van der Waals surface area contributed by atoms with Crippen molar-refractivity contribution < 1.29 is 42.9 Å². The highest BCUT2D eigenvalue weighted by atomic mass is 79.9. The summed E-state index contributed by atoms with van der Waals surface area (Å²) in [6.07, 6.45) is -0.0627. The van der Waals surface area contributed by atoms with E-state index in [1.165, 1.54) is 15.2 Å². The predicted molar refractivity (Wildman–Crippen MR) is 202 cm³/mol. The molecule has 4 aromatic carbocycles. The summed E-state index contributed by atoms with van der Waals surface area (Å²) >= 11 is 6.69. The van der Waals surface area contributed by atoms with Gasteiger partial charge < -0.3 is 14.9 Å². The Kier molecular flexibility index (Phi) is 10.4. The number of carbonyl (C=O) groups excluding carboxylic acids is 3. The number of aromatic hydroxyl groups is 1.